The molecule has 2 heterocycles. The van der Waals surface area contributed by atoms with E-state index in [1.54, 1.807) is 21.2 Å². The molecule has 0 unspecified atom stereocenters. The van der Waals surface area contributed by atoms with Crippen molar-refractivity contribution >= 4 is 11.8 Å². The van der Waals surface area contributed by atoms with E-state index in [4.69, 9.17) is 4.74 Å². The number of aromatic nitrogens is 3. The minimum Gasteiger partial charge on any atom is -0.497 e. The third-order valence-corrected chi connectivity index (χ3v) is 4.57. The molecule has 0 N–H and O–H groups in total. The summed E-state index contributed by atoms with van der Waals surface area (Å²) in [4.78, 5) is 27.9. The Hall–Kier alpha value is -2.90. The van der Waals surface area contributed by atoms with E-state index < -0.39 is 0 Å². The van der Waals surface area contributed by atoms with Crippen LogP contribution in [0, 0.1) is 0 Å². The van der Waals surface area contributed by atoms with Gasteiger partial charge in [-0.2, -0.15) is 0 Å². The van der Waals surface area contributed by atoms with E-state index in [2.05, 4.69) is 10.3 Å². The topological polar surface area (TPSA) is 80.6 Å². The van der Waals surface area contributed by atoms with Gasteiger partial charge in [0.2, 0.25) is 5.91 Å². The maximum absolute atomic E-state index is 12.9. The van der Waals surface area contributed by atoms with Crippen LogP contribution in [0.3, 0.4) is 0 Å². The molecule has 0 aliphatic carbocycles. The first-order chi connectivity index (χ1) is 12.5. The molecule has 1 atom stereocenters. The number of methoxy groups -OCH3 is 1. The molecule has 1 aliphatic heterocycles. The number of ether oxygens (including phenoxy) is 1. The van der Waals surface area contributed by atoms with Gasteiger partial charge < -0.3 is 14.5 Å². The van der Waals surface area contributed by atoms with Gasteiger partial charge in [-0.05, 0) is 30.5 Å². The highest BCUT2D eigenvalue weighted by Gasteiger charge is 2.32. The van der Waals surface area contributed by atoms with E-state index in [1.165, 1.54) is 15.8 Å². The van der Waals surface area contributed by atoms with Crippen molar-refractivity contribution in [1.29, 1.82) is 0 Å². The third kappa shape index (κ3) is 3.68. The Morgan fingerprint density at radius 2 is 2.00 bits per heavy atom. The van der Waals surface area contributed by atoms with Gasteiger partial charge in [0.05, 0.1) is 19.3 Å². The van der Waals surface area contributed by atoms with Crippen LogP contribution in [-0.2, 0) is 11.3 Å². The summed E-state index contributed by atoms with van der Waals surface area (Å²) < 4.78 is 6.59. The number of hydrogen-bond acceptors (Lipinski definition) is 5. The Bertz CT molecular complexity index is 784. The molecule has 8 heteroatoms. The van der Waals surface area contributed by atoms with E-state index in [1.807, 2.05) is 29.2 Å². The van der Waals surface area contributed by atoms with Gasteiger partial charge in [-0.3, -0.25) is 9.59 Å². The Morgan fingerprint density at radius 3 is 2.65 bits per heavy atom. The second-order valence-electron chi connectivity index (χ2n) is 6.52. The van der Waals surface area contributed by atoms with Gasteiger partial charge in [0.25, 0.3) is 5.91 Å². The lowest BCUT2D eigenvalue weighted by atomic mass is 10.0. The van der Waals surface area contributed by atoms with Gasteiger partial charge in [-0.15, -0.1) is 5.10 Å². The van der Waals surface area contributed by atoms with Crippen LogP contribution in [0.15, 0.2) is 30.5 Å². The maximum Gasteiger partial charge on any atom is 0.276 e. The summed E-state index contributed by atoms with van der Waals surface area (Å²) in [6.07, 6.45) is 3.38. The van der Waals surface area contributed by atoms with Gasteiger partial charge in [0.15, 0.2) is 5.69 Å². The molecule has 1 aliphatic rings. The molecule has 0 bridgehead atoms. The van der Waals surface area contributed by atoms with E-state index in [0.29, 0.717) is 6.54 Å². The van der Waals surface area contributed by atoms with Gasteiger partial charge in [0, 0.05) is 20.6 Å². The fourth-order valence-electron chi connectivity index (χ4n) is 3.08. The average molecular weight is 357 g/mol. The highest BCUT2D eigenvalue weighted by Crippen LogP contribution is 2.33. The highest BCUT2D eigenvalue weighted by atomic mass is 16.5. The number of amides is 2. The van der Waals surface area contributed by atoms with Crippen molar-refractivity contribution in [2.24, 2.45) is 0 Å². The Balaban J connectivity index is 1.74. The number of nitrogens with zero attached hydrogens (tertiary/aromatic N) is 5. The second-order valence-corrected chi connectivity index (χ2v) is 6.52. The van der Waals surface area contributed by atoms with E-state index in [-0.39, 0.29) is 30.1 Å². The molecule has 2 amide bonds. The zero-order valence-corrected chi connectivity index (χ0v) is 15.3. The standard InChI is InChI=1S/C18H23N5O3/c1-21(2)17(24)12-22-11-15(19-20-22)18(25)23-10-4-5-16(23)13-6-8-14(26-3)9-7-13/h6-9,11,16H,4-5,10,12H2,1-3H3/t16-/m1/s1. The molecule has 26 heavy (non-hydrogen) atoms. The highest BCUT2D eigenvalue weighted by molar-refractivity contribution is 5.92. The quantitative estimate of drug-likeness (QED) is 0.807. The second kappa shape index (κ2) is 7.55. The average Bonchev–Trinajstić information content (AvgIpc) is 3.30. The molecule has 138 valence electrons. The van der Waals surface area contributed by atoms with Crippen LogP contribution >= 0.6 is 0 Å². The van der Waals surface area contributed by atoms with Crippen LogP contribution in [0.25, 0.3) is 0 Å². The Morgan fingerprint density at radius 1 is 1.27 bits per heavy atom. The van der Waals surface area contributed by atoms with Gasteiger partial charge in [-0.1, -0.05) is 17.3 Å². The molecule has 8 nitrogen and oxygen atoms in total. The zero-order chi connectivity index (χ0) is 18.7. The van der Waals surface area contributed by atoms with Crippen molar-refractivity contribution < 1.29 is 14.3 Å². The predicted octanol–water partition coefficient (Wildman–Crippen LogP) is 1.35. The molecule has 3 rings (SSSR count). The first kappa shape index (κ1) is 17.9. The molecule has 1 saturated heterocycles. The Kier molecular flexibility index (Phi) is 5.20. The molecular weight excluding hydrogens is 334 g/mol. The lowest BCUT2D eigenvalue weighted by Crippen LogP contribution is -2.31. The van der Waals surface area contributed by atoms with Gasteiger partial charge >= 0.3 is 0 Å². The van der Waals surface area contributed by atoms with Crippen molar-refractivity contribution in [1.82, 2.24) is 24.8 Å². The summed E-state index contributed by atoms with van der Waals surface area (Å²) >= 11 is 0. The zero-order valence-electron chi connectivity index (χ0n) is 15.3. The number of likely N-dealkylation sites (tertiary alicyclic amines) is 1. The van der Waals surface area contributed by atoms with Crippen LogP contribution < -0.4 is 4.74 Å². The van der Waals surface area contributed by atoms with E-state index in [9.17, 15) is 9.59 Å². The van der Waals surface area contributed by atoms with Crippen LogP contribution in [-0.4, -0.2) is 64.4 Å². The van der Waals surface area contributed by atoms with Crippen LogP contribution in [0.1, 0.15) is 34.9 Å². The van der Waals surface area contributed by atoms with Crippen molar-refractivity contribution in [3.63, 3.8) is 0 Å². The molecule has 0 spiro atoms. The van der Waals surface area contributed by atoms with Crippen molar-refractivity contribution in [2.75, 3.05) is 27.7 Å². The third-order valence-electron chi connectivity index (χ3n) is 4.57. The molecular formula is C18H23N5O3. The van der Waals surface area contributed by atoms with Gasteiger partial charge in [-0.25, -0.2) is 4.68 Å². The van der Waals surface area contributed by atoms with Crippen molar-refractivity contribution in [3.05, 3.63) is 41.7 Å². The number of benzene rings is 1. The molecule has 2 aromatic rings. The normalized spacial score (nSPS) is 16.6. The SMILES string of the molecule is COc1ccc([C@H]2CCCN2C(=O)c2cn(CC(=O)N(C)C)nn2)cc1. The predicted molar refractivity (Wildman–Crippen MR) is 94.7 cm³/mol. The van der Waals surface area contributed by atoms with Crippen LogP contribution in [0.5, 0.6) is 5.75 Å². The summed E-state index contributed by atoms with van der Waals surface area (Å²) in [5.74, 6) is 0.524. The molecule has 0 radical (unpaired) electrons. The molecule has 1 fully saturated rings. The smallest absolute Gasteiger partial charge is 0.276 e. The monoisotopic (exact) mass is 357 g/mol. The van der Waals surface area contributed by atoms with Crippen LogP contribution in [0.4, 0.5) is 0 Å². The van der Waals surface area contributed by atoms with Gasteiger partial charge in [0.1, 0.15) is 12.3 Å². The fourth-order valence-corrected chi connectivity index (χ4v) is 3.08. The van der Waals surface area contributed by atoms with E-state index >= 15 is 0 Å². The van der Waals surface area contributed by atoms with Crippen LogP contribution in [0.2, 0.25) is 0 Å². The minimum atomic E-state index is -0.160. The number of carbonyl (C=O) groups excluding carboxylic acids is 2. The summed E-state index contributed by atoms with van der Waals surface area (Å²) in [6.45, 7) is 0.744. The summed E-state index contributed by atoms with van der Waals surface area (Å²) in [5.41, 5.74) is 1.34. The van der Waals surface area contributed by atoms with Crippen molar-refractivity contribution in [3.8, 4) is 5.75 Å². The van der Waals surface area contributed by atoms with Crippen molar-refractivity contribution in [2.45, 2.75) is 25.4 Å². The molecule has 0 saturated carbocycles. The number of hydrogen-bond donors (Lipinski definition) is 0. The fraction of sp³-hybridized carbons (Fsp3) is 0.444. The molecule has 1 aromatic carbocycles. The maximum atomic E-state index is 12.9. The summed E-state index contributed by atoms with van der Waals surface area (Å²) in [7, 11) is 4.98. The first-order valence-corrected chi connectivity index (χ1v) is 8.55. The molecule has 1 aromatic heterocycles. The minimum absolute atomic E-state index is 0.0157. The Labute approximate surface area is 152 Å². The summed E-state index contributed by atoms with van der Waals surface area (Å²) in [6, 6.07) is 7.80. The summed E-state index contributed by atoms with van der Waals surface area (Å²) in [5, 5.41) is 7.87. The number of rotatable bonds is 5. The number of likely N-dealkylation sites (N-methyl/N-ethyl adjacent to an activating group) is 1. The number of carbonyl (C=O) groups is 2. The lowest BCUT2D eigenvalue weighted by molar-refractivity contribution is -0.129. The van der Waals surface area contributed by atoms with E-state index in [0.717, 1.165) is 24.2 Å². The lowest BCUT2D eigenvalue weighted by Gasteiger charge is -2.24. The largest absolute Gasteiger partial charge is 0.497 e. The first-order valence-electron chi connectivity index (χ1n) is 8.55.